The molecule has 4 atom stereocenters. The molecule has 0 aromatic heterocycles. The van der Waals surface area contributed by atoms with Gasteiger partial charge in [-0.15, -0.1) is 0 Å². The SMILES string of the molecule is CCCCC(CC)(C1CCCCC1)C1CCC2OC2C1. The molecule has 0 spiro atoms. The van der Waals surface area contributed by atoms with Crippen LogP contribution in [0, 0.1) is 17.3 Å². The maximum atomic E-state index is 5.84. The third-order valence-corrected chi connectivity index (χ3v) is 6.89. The lowest BCUT2D eigenvalue weighted by atomic mass is 9.56. The Bertz CT molecular complexity index is 307. The molecule has 1 aliphatic heterocycles. The minimum absolute atomic E-state index is 0.657. The Morgan fingerprint density at radius 2 is 1.70 bits per heavy atom. The molecule has 1 nitrogen and oxygen atoms in total. The van der Waals surface area contributed by atoms with Gasteiger partial charge in [-0.05, 0) is 62.2 Å². The van der Waals surface area contributed by atoms with Crippen molar-refractivity contribution >= 4 is 0 Å². The van der Waals surface area contributed by atoms with Gasteiger partial charge < -0.3 is 4.74 Å². The van der Waals surface area contributed by atoms with Gasteiger partial charge >= 0.3 is 0 Å². The number of fused-ring (bicyclic) bond motifs is 1. The van der Waals surface area contributed by atoms with Crippen molar-refractivity contribution < 1.29 is 4.74 Å². The predicted octanol–water partition coefficient (Wildman–Crippen LogP) is 5.72. The van der Waals surface area contributed by atoms with Gasteiger partial charge in [0.05, 0.1) is 12.2 Å². The molecule has 3 fully saturated rings. The predicted molar refractivity (Wildman–Crippen MR) is 84.8 cm³/mol. The summed E-state index contributed by atoms with van der Waals surface area (Å²) in [7, 11) is 0. The number of hydrogen-bond acceptors (Lipinski definition) is 1. The second-order valence-corrected chi connectivity index (χ2v) is 7.75. The molecule has 0 radical (unpaired) electrons. The van der Waals surface area contributed by atoms with Crippen LogP contribution in [0.1, 0.15) is 90.9 Å². The first-order valence-corrected chi connectivity index (χ1v) is 9.45. The molecule has 3 rings (SSSR count). The van der Waals surface area contributed by atoms with Crippen LogP contribution in [-0.4, -0.2) is 12.2 Å². The zero-order valence-electron chi connectivity index (χ0n) is 13.7. The molecule has 20 heavy (non-hydrogen) atoms. The van der Waals surface area contributed by atoms with Crippen molar-refractivity contribution in [3.63, 3.8) is 0 Å². The zero-order chi connectivity index (χ0) is 14.0. The van der Waals surface area contributed by atoms with Crippen molar-refractivity contribution in [2.75, 3.05) is 0 Å². The number of epoxide rings is 1. The van der Waals surface area contributed by atoms with Crippen LogP contribution in [0.25, 0.3) is 0 Å². The molecule has 3 aliphatic rings. The highest BCUT2D eigenvalue weighted by Gasteiger charge is 2.51. The van der Waals surface area contributed by atoms with E-state index < -0.39 is 0 Å². The summed E-state index contributed by atoms with van der Waals surface area (Å²) in [4.78, 5) is 0. The summed E-state index contributed by atoms with van der Waals surface area (Å²) in [5, 5.41) is 0. The van der Waals surface area contributed by atoms with Gasteiger partial charge in [0, 0.05) is 0 Å². The van der Waals surface area contributed by atoms with E-state index in [1.165, 1.54) is 77.0 Å². The quantitative estimate of drug-likeness (QED) is 0.566. The van der Waals surface area contributed by atoms with E-state index in [1.807, 2.05) is 0 Å². The molecule has 1 saturated heterocycles. The van der Waals surface area contributed by atoms with Crippen LogP contribution in [-0.2, 0) is 4.74 Å². The summed E-state index contributed by atoms with van der Waals surface area (Å²) < 4.78 is 5.84. The van der Waals surface area contributed by atoms with E-state index in [2.05, 4.69) is 13.8 Å². The average molecular weight is 278 g/mol. The molecule has 0 aromatic rings. The highest BCUT2D eigenvalue weighted by Crippen LogP contribution is 2.56. The zero-order valence-corrected chi connectivity index (χ0v) is 13.7. The van der Waals surface area contributed by atoms with Crippen molar-refractivity contribution in [3.8, 4) is 0 Å². The fourth-order valence-electron chi connectivity index (χ4n) is 5.61. The summed E-state index contributed by atoms with van der Waals surface area (Å²) in [5.74, 6) is 1.99. The van der Waals surface area contributed by atoms with E-state index in [0.717, 1.165) is 11.8 Å². The largest absolute Gasteiger partial charge is 0.370 e. The molecule has 4 unspecified atom stereocenters. The smallest absolute Gasteiger partial charge is 0.0844 e. The van der Waals surface area contributed by atoms with Gasteiger partial charge in [-0.25, -0.2) is 0 Å². The number of rotatable bonds is 6. The minimum Gasteiger partial charge on any atom is -0.370 e. The highest BCUT2D eigenvalue weighted by molar-refractivity contribution is 5.00. The average Bonchev–Trinajstić information content (AvgIpc) is 3.28. The molecule has 0 amide bonds. The summed E-state index contributed by atoms with van der Waals surface area (Å²) in [6.45, 7) is 4.85. The number of hydrogen-bond donors (Lipinski definition) is 0. The molecule has 116 valence electrons. The Morgan fingerprint density at radius 3 is 2.35 bits per heavy atom. The van der Waals surface area contributed by atoms with Crippen LogP contribution >= 0.6 is 0 Å². The summed E-state index contributed by atoms with van der Waals surface area (Å²) in [6, 6.07) is 0. The van der Waals surface area contributed by atoms with Gasteiger partial charge in [-0.2, -0.15) is 0 Å². The van der Waals surface area contributed by atoms with Crippen molar-refractivity contribution in [2.24, 2.45) is 17.3 Å². The van der Waals surface area contributed by atoms with Crippen molar-refractivity contribution in [3.05, 3.63) is 0 Å². The number of unbranched alkanes of at least 4 members (excludes halogenated alkanes) is 1. The minimum atomic E-state index is 0.657. The summed E-state index contributed by atoms with van der Waals surface area (Å²) in [6.07, 6.45) is 18.7. The lowest BCUT2D eigenvalue weighted by Gasteiger charge is -2.49. The molecule has 2 saturated carbocycles. The molecular weight excluding hydrogens is 244 g/mol. The normalized spacial score (nSPS) is 37.2. The molecule has 1 heteroatoms. The molecule has 0 N–H and O–H groups in total. The van der Waals surface area contributed by atoms with Gasteiger partial charge in [-0.1, -0.05) is 46.0 Å². The molecule has 0 bridgehead atoms. The fourth-order valence-corrected chi connectivity index (χ4v) is 5.61. The second kappa shape index (κ2) is 6.38. The van der Waals surface area contributed by atoms with Crippen molar-refractivity contribution in [1.82, 2.24) is 0 Å². The van der Waals surface area contributed by atoms with Gasteiger partial charge in [0.15, 0.2) is 0 Å². The van der Waals surface area contributed by atoms with Crippen LogP contribution in [0.15, 0.2) is 0 Å². The molecular formula is C19H34O. The Labute approximate surface area is 125 Å². The van der Waals surface area contributed by atoms with E-state index in [1.54, 1.807) is 0 Å². The highest BCUT2D eigenvalue weighted by atomic mass is 16.6. The Kier molecular flexibility index (Phi) is 4.75. The summed E-state index contributed by atoms with van der Waals surface area (Å²) >= 11 is 0. The van der Waals surface area contributed by atoms with Crippen molar-refractivity contribution in [1.29, 1.82) is 0 Å². The third kappa shape index (κ3) is 2.80. The van der Waals surface area contributed by atoms with E-state index >= 15 is 0 Å². The lowest BCUT2D eigenvalue weighted by Crippen LogP contribution is -2.41. The van der Waals surface area contributed by atoms with Gasteiger partial charge in [0.1, 0.15) is 0 Å². The maximum absolute atomic E-state index is 5.84. The van der Waals surface area contributed by atoms with E-state index in [0.29, 0.717) is 17.6 Å². The first-order chi connectivity index (χ1) is 9.80. The van der Waals surface area contributed by atoms with E-state index in [9.17, 15) is 0 Å². The summed E-state index contributed by atoms with van der Waals surface area (Å²) in [5.41, 5.74) is 0.660. The Balaban J connectivity index is 1.75. The first-order valence-electron chi connectivity index (χ1n) is 9.45. The van der Waals surface area contributed by atoms with Crippen LogP contribution < -0.4 is 0 Å². The maximum Gasteiger partial charge on any atom is 0.0844 e. The standard InChI is InChI=1S/C19H34O/c1-3-5-13-19(4-2,15-9-7-6-8-10-15)16-11-12-17-18(14-16)20-17/h15-18H,3-14H2,1-2H3. The Hall–Kier alpha value is -0.0400. The van der Waals surface area contributed by atoms with Crippen LogP contribution in [0.2, 0.25) is 0 Å². The fraction of sp³-hybridized carbons (Fsp3) is 1.00. The number of ether oxygens (including phenoxy) is 1. The van der Waals surface area contributed by atoms with Gasteiger partial charge in [0.2, 0.25) is 0 Å². The van der Waals surface area contributed by atoms with Crippen molar-refractivity contribution in [2.45, 2.75) is 103 Å². The molecule has 0 aromatic carbocycles. The Morgan fingerprint density at radius 1 is 0.900 bits per heavy atom. The second-order valence-electron chi connectivity index (χ2n) is 7.75. The van der Waals surface area contributed by atoms with Gasteiger partial charge in [0.25, 0.3) is 0 Å². The monoisotopic (exact) mass is 278 g/mol. The molecule has 2 aliphatic carbocycles. The van der Waals surface area contributed by atoms with Crippen LogP contribution in [0.5, 0.6) is 0 Å². The van der Waals surface area contributed by atoms with Gasteiger partial charge in [-0.3, -0.25) is 0 Å². The van der Waals surface area contributed by atoms with E-state index in [-0.39, 0.29) is 0 Å². The first kappa shape index (κ1) is 14.9. The lowest BCUT2D eigenvalue weighted by molar-refractivity contribution is 0.0107. The third-order valence-electron chi connectivity index (χ3n) is 6.89. The van der Waals surface area contributed by atoms with Crippen LogP contribution in [0.3, 0.4) is 0 Å². The van der Waals surface area contributed by atoms with Crippen LogP contribution in [0.4, 0.5) is 0 Å². The van der Waals surface area contributed by atoms with E-state index in [4.69, 9.17) is 4.74 Å². The topological polar surface area (TPSA) is 12.5 Å². The molecule has 1 heterocycles.